The number of anilines is 2. The van der Waals surface area contributed by atoms with Crippen molar-refractivity contribution >= 4 is 27.8 Å². The number of hydrogen-bond donors (Lipinski definition) is 2. The summed E-state index contributed by atoms with van der Waals surface area (Å²) in [5, 5.41) is 4.32. The highest BCUT2D eigenvalue weighted by Gasteiger charge is 2.19. The highest BCUT2D eigenvalue weighted by atomic mass is 32.1. The smallest absolute Gasteiger partial charge is 0.177 e. The quantitative estimate of drug-likeness (QED) is 0.806. The van der Waals surface area contributed by atoms with Crippen LogP contribution >= 0.6 is 11.3 Å². The third-order valence-corrected chi connectivity index (χ3v) is 4.22. The summed E-state index contributed by atoms with van der Waals surface area (Å²) in [6, 6.07) is 1.86. The van der Waals surface area contributed by atoms with Gasteiger partial charge in [-0.2, -0.15) is 0 Å². The van der Waals surface area contributed by atoms with Crippen LogP contribution in [0.2, 0.25) is 0 Å². The molecule has 5 heteroatoms. The van der Waals surface area contributed by atoms with E-state index in [4.69, 9.17) is 10.5 Å². The molecule has 1 unspecified atom stereocenters. The highest BCUT2D eigenvalue weighted by Crippen LogP contribution is 2.31. The van der Waals surface area contributed by atoms with E-state index >= 15 is 0 Å². The lowest BCUT2D eigenvalue weighted by molar-refractivity contribution is 0.0944. The lowest BCUT2D eigenvalue weighted by Crippen LogP contribution is -2.13. The first-order valence-electron chi connectivity index (χ1n) is 6.33. The molecule has 1 aromatic heterocycles. The fourth-order valence-electron chi connectivity index (χ4n) is 1.94. The van der Waals surface area contributed by atoms with E-state index in [-0.39, 0.29) is 11.7 Å². The van der Waals surface area contributed by atoms with Gasteiger partial charge in [0.1, 0.15) is 0 Å². The zero-order chi connectivity index (χ0) is 13.1. The highest BCUT2D eigenvalue weighted by molar-refractivity contribution is 7.18. The molecule has 0 radical (unpaired) electrons. The van der Waals surface area contributed by atoms with Crippen LogP contribution in [-0.4, -0.2) is 25.5 Å². The Kier molecular flexibility index (Phi) is 4.24. The van der Waals surface area contributed by atoms with Gasteiger partial charge in [-0.05, 0) is 12.5 Å². The predicted molar refractivity (Wildman–Crippen MR) is 75.3 cm³/mol. The molecule has 1 aliphatic rings. The van der Waals surface area contributed by atoms with Crippen LogP contribution in [-0.2, 0) is 4.74 Å². The Hall–Kier alpha value is -1.07. The van der Waals surface area contributed by atoms with Gasteiger partial charge in [-0.1, -0.05) is 13.8 Å². The fraction of sp³-hybridized carbons (Fsp3) is 0.615. The van der Waals surface area contributed by atoms with Crippen molar-refractivity contribution in [2.24, 2.45) is 11.8 Å². The number of ketones is 1. The monoisotopic (exact) mass is 268 g/mol. The molecule has 2 heterocycles. The van der Waals surface area contributed by atoms with Gasteiger partial charge in [0.15, 0.2) is 5.78 Å². The second-order valence-corrected chi connectivity index (χ2v) is 6.08. The molecule has 0 bridgehead atoms. The summed E-state index contributed by atoms with van der Waals surface area (Å²) < 4.78 is 5.33. The van der Waals surface area contributed by atoms with Crippen molar-refractivity contribution in [2.45, 2.75) is 20.3 Å². The molecule has 18 heavy (non-hydrogen) atoms. The number of nitrogens with two attached hydrogens (primary N) is 1. The van der Waals surface area contributed by atoms with Gasteiger partial charge in [0.2, 0.25) is 0 Å². The number of Topliss-reactive ketones (excluding diaryl/α,β-unsaturated/α-hetero) is 1. The summed E-state index contributed by atoms with van der Waals surface area (Å²) in [7, 11) is 0. The molecule has 4 nitrogen and oxygen atoms in total. The first-order valence-corrected chi connectivity index (χ1v) is 7.14. The molecule has 2 rings (SSSR count). The Morgan fingerprint density at radius 2 is 2.44 bits per heavy atom. The molecule has 0 aromatic carbocycles. The van der Waals surface area contributed by atoms with E-state index in [2.05, 4.69) is 5.32 Å². The van der Waals surface area contributed by atoms with Crippen molar-refractivity contribution < 1.29 is 9.53 Å². The van der Waals surface area contributed by atoms with E-state index in [0.29, 0.717) is 16.5 Å². The van der Waals surface area contributed by atoms with E-state index < -0.39 is 0 Å². The van der Waals surface area contributed by atoms with Crippen LogP contribution in [0.5, 0.6) is 0 Å². The van der Waals surface area contributed by atoms with Gasteiger partial charge < -0.3 is 15.8 Å². The summed E-state index contributed by atoms with van der Waals surface area (Å²) in [4.78, 5) is 12.6. The lowest BCUT2D eigenvalue weighted by Gasteiger charge is -2.08. The zero-order valence-corrected chi connectivity index (χ0v) is 11.7. The number of rotatable bonds is 5. The van der Waals surface area contributed by atoms with E-state index in [1.807, 2.05) is 19.9 Å². The number of carbonyl (C=O) groups excluding carboxylic acids is 1. The molecular formula is C13H20N2O2S. The van der Waals surface area contributed by atoms with Crippen molar-refractivity contribution in [3.8, 4) is 0 Å². The molecule has 1 fully saturated rings. The standard InChI is InChI=1S/C13H20N2O2S/c1-8(2)12(16)13-10(14)5-11(18-13)15-6-9-3-4-17-7-9/h5,8-9,15H,3-4,6-7,14H2,1-2H3. The van der Waals surface area contributed by atoms with Gasteiger partial charge in [-0.25, -0.2) is 0 Å². The van der Waals surface area contributed by atoms with Crippen LogP contribution in [0.15, 0.2) is 6.07 Å². The normalized spacial score (nSPS) is 19.4. The van der Waals surface area contributed by atoms with Gasteiger partial charge >= 0.3 is 0 Å². The minimum atomic E-state index is -0.0120. The lowest BCUT2D eigenvalue weighted by atomic mass is 10.1. The van der Waals surface area contributed by atoms with Gasteiger partial charge in [-0.3, -0.25) is 4.79 Å². The Labute approximate surface area is 112 Å². The maximum atomic E-state index is 11.9. The van der Waals surface area contributed by atoms with Crippen LogP contribution in [0.1, 0.15) is 29.9 Å². The van der Waals surface area contributed by atoms with Crippen molar-refractivity contribution in [2.75, 3.05) is 30.8 Å². The number of ether oxygens (including phenoxy) is 1. The van der Waals surface area contributed by atoms with Gasteiger partial charge in [0, 0.05) is 25.0 Å². The number of nitrogens with one attached hydrogen (secondary N) is 1. The van der Waals surface area contributed by atoms with E-state index in [0.717, 1.165) is 31.2 Å². The van der Waals surface area contributed by atoms with E-state index in [1.54, 1.807) is 0 Å². The third kappa shape index (κ3) is 3.03. The van der Waals surface area contributed by atoms with Gasteiger partial charge in [0.25, 0.3) is 0 Å². The van der Waals surface area contributed by atoms with E-state index in [9.17, 15) is 4.79 Å². The summed E-state index contributed by atoms with van der Waals surface area (Å²) in [5.41, 5.74) is 6.48. The van der Waals surface area contributed by atoms with Crippen LogP contribution in [0.4, 0.5) is 10.7 Å². The average Bonchev–Trinajstić information content (AvgIpc) is 2.94. The third-order valence-electron chi connectivity index (χ3n) is 3.10. The second-order valence-electron chi connectivity index (χ2n) is 5.02. The van der Waals surface area contributed by atoms with Crippen molar-refractivity contribution in [3.63, 3.8) is 0 Å². The summed E-state index contributed by atoms with van der Waals surface area (Å²) in [6.45, 7) is 6.35. The Bertz CT molecular complexity index is 423. The molecule has 3 N–H and O–H groups in total. The molecule has 0 amide bonds. The zero-order valence-electron chi connectivity index (χ0n) is 10.9. The molecule has 0 spiro atoms. The average molecular weight is 268 g/mol. The topological polar surface area (TPSA) is 64.3 Å². The van der Waals surface area contributed by atoms with Crippen molar-refractivity contribution in [1.82, 2.24) is 0 Å². The molecule has 100 valence electrons. The summed E-state index contributed by atoms with van der Waals surface area (Å²) in [6.07, 6.45) is 1.10. The van der Waals surface area contributed by atoms with Gasteiger partial charge in [0.05, 0.1) is 22.2 Å². The maximum Gasteiger partial charge on any atom is 0.177 e. The minimum Gasteiger partial charge on any atom is -0.397 e. The summed E-state index contributed by atoms with van der Waals surface area (Å²) in [5.74, 6) is 0.675. The van der Waals surface area contributed by atoms with Gasteiger partial charge in [-0.15, -0.1) is 11.3 Å². The number of carbonyl (C=O) groups is 1. The number of nitrogen functional groups attached to an aromatic ring is 1. The Morgan fingerprint density at radius 1 is 1.67 bits per heavy atom. The molecule has 1 atom stereocenters. The van der Waals surface area contributed by atoms with Crippen molar-refractivity contribution in [3.05, 3.63) is 10.9 Å². The van der Waals surface area contributed by atoms with Crippen molar-refractivity contribution in [1.29, 1.82) is 0 Å². The van der Waals surface area contributed by atoms with E-state index in [1.165, 1.54) is 11.3 Å². The molecule has 1 saturated heterocycles. The maximum absolute atomic E-state index is 11.9. The number of thiophene rings is 1. The predicted octanol–water partition coefficient (Wildman–Crippen LogP) is 2.62. The Balaban J connectivity index is 1.97. The first-order chi connectivity index (χ1) is 8.58. The largest absolute Gasteiger partial charge is 0.397 e. The molecule has 0 saturated carbocycles. The van der Waals surface area contributed by atoms with Crippen LogP contribution < -0.4 is 11.1 Å². The molecule has 0 aliphatic carbocycles. The van der Waals surface area contributed by atoms with Crippen LogP contribution in [0.3, 0.4) is 0 Å². The van der Waals surface area contributed by atoms with Crippen LogP contribution in [0, 0.1) is 11.8 Å². The number of hydrogen-bond acceptors (Lipinski definition) is 5. The second kappa shape index (κ2) is 5.71. The SMILES string of the molecule is CC(C)C(=O)c1sc(NCC2CCOC2)cc1N. The first kappa shape index (κ1) is 13.4. The Morgan fingerprint density at radius 3 is 3.06 bits per heavy atom. The molecular weight excluding hydrogens is 248 g/mol. The fourth-order valence-corrected chi connectivity index (χ4v) is 3.01. The summed E-state index contributed by atoms with van der Waals surface area (Å²) >= 11 is 1.45. The van der Waals surface area contributed by atoms with Crippen LogP contribution in [0.25, 0.3) is 0 Å². The molecule has 1 aromatic rings. The molecule has 1 aliphatic heterocycles. The minimum absolute atomic E-state index is 0.0120.